The zero-order valence-corrected chi connectivity index (χ0v) is 13.7. The van der Waals surface area contributed by atoms with Crippen molar-refractivity contribution in [3.63, 3.8) is 0 Å². The fourth-order valence-electron chi connectivity index (χ4n) is 2.56. The first-order valence-corrected chi connectivity index (χ1v) is 9.03. The van der Waals surface area contributed by atoms with Gasteiger partial charge in [0.2, 0.25) is 10.0 Å². The topological polar surface area (TPSA) is 70.0 Å². The molecule has 0 radical (unpaired) electrons. The van der Waals surface area contributed by atoms with E-state index in [4.69, 9.17) is 23.2 Å². The smallest absolute Gasteiger partial charge is 0.207 e. The number of rotatable bonds is 3. The maximum absolute atomic E-state index is 12.5. The Kier molecular flexibility index (Phi) is 5.15. The zero-order chi connectivity index (χ0) is 15.5. The number of halogens is 2. The fourth-order valence-corrected chi connectivity index (χ4v) is 4.70. The molecule has 0 bridgehead atoms. The second-order valence-electron chi connectivity index (χ2n) is 5.29. The van der Waals surface area contributed by atoms with Crippen molar-refractivity contribution < 1.29 is 8.42 Å². The van der Waals surface area contributed by atoms with Crippen LogP contribution in [0, 0.1) is 11.3 Å². The Hall–Kier alpha value is -0.800. The second kappa shape index (κ2) is 6.53. The summed E-state index contributed by atoms with van der Waals surface area (Å²) in [7, 11) is -3.89. The summed E-state index contributed by atoms with van der Waals surface area (Å²) in [6.45, 7) is 0. The number of sulfonamides is 1. The van der Waals surface area contributed by atoms with E-state index >= 15 is 0 Å². The molecule has 114 valence electrons. The Labute approximate surface area is 135 Å². The molecule has 21 heavy (non-hydrogen) atoms. The molecule has 1 aliphatic rings. The van der Waals surface area contributed by atoms with Crippen LogP contribution in [0.25, 0.3) is 0 Å². The molecule has 7 heteroatoms. The van der Waals surface area contributed by atoms with Crippen molar-refractivity contribution in [2.24, 2.45) is 0 Å². The molecule has 1 aliphatic carbocycles. The van der Waals surface area contributed by atoms with Crippen LogP contribution in [0.3, 0.4) is 0 Å². The van der Waals surface area contributed by atoms with E-state index < -0.39 is 15.6 Å². The largest absolute Gasteiger partial charge is 0.243 e. The van der Waals surface area contributed by atoms with Gasteiger partial charge in [-0.25, -0.2) is 8.42 Å². The molecule has 1 saturated carbocycles. The summed E-state index contributed by atoms with van der Waals surface area (Å²) in [6, 6.07) is 6.41. The van der Waals surface area contributed by atoms with Gasteiger partial charge in [-0.1, -0.05) is 48.9 Å². The Morgan fingerprint density at radius 2 is 1.76 bits per heavy atom. The number of nitrogens with one attached hydrogen (secondary N) is 1. The highest BCUT2D eigenvalue weighted by molar-refractivity contribution is 7.89. The molecule has 0 heterocycles. The van der Waals surface area contributed by atoms with Crippen molar-refractivity contribution >= 4 is 33.2 Å². The van der Waals surface area contributed by atoms with Gasteiger partial charge >= 0.3 is 0 Å². The third-order valence-corrected chi connectivity index (χ3v) is 5.94. The predicted octanol–water partition coefficient (Wildman–Crippen LogP) is 3.89. The number of benzene rings is 1. The summed E-state index contributed by atoms with van der Waals surface area (Å²) in [5.74, 6) is 0. The van der Waals surface area contributed by atoms with Crippen molar-refractivity contribution in [2.45, 2.75) is 49.0 Å². The summed E-state index contributed by atoms with van der Waals surface area (Å²) in [4.78, 5) is -0.0875. The summed E-state index contributed by atoms with van der Waals surface area (Å²) < 4.78 is 27.6. The molecule has 1 N–H and O–H groups in total. The molecule has 0 aliphatic heterocycles. The fraction of sp³-hybridized carbons (Fsp3) is 0.500. The van der Waals surface area contributed by atoms with Crippen molar-refractivity contribution in [2.75, 3.05) is 0 Å². The minimum Gasteiger partial charge on any atom is -0.207 e. The van der Waals surface area contributed by atoms with E-state index in [1.54, 1.807) is 0 Å². The molecule has 0 amide bonds. The average molecular weight is 347 g/mol. The highest BCUT2D eigenvalue weighted by atomic mass is 35.5. The lowest BCUT2D eigenvalue weighted by atomic mass is 9.94. The molecule has 0 atom stereocenters. The number of hydrogen-bond donors (Lipinski definition) is 1. The van der Waals surface area contributed by atoms with Crippen LogP contribution < -0.4 is 4.72 Å². The van der Waals surface area contributed by atoms with Gasteiger partial charge in [0.25, 0.3) is 0 Å². The average Bonchev–Trinajstić information content (AvgIpc) is 2.67. The molecule has 0 unspecified atom stereocenters. The second-order valence-corrected chi connectivity index (χ2v) is 7.78. The summed E-state index contributed by atoms with van der Waals surface area (Å²) in [5.41, 5.74) is -1.05. The van der Waals surface area contributed by atoms with E-state index in [0.29, 0.717) is 12.8 Å². The minimum atomic E-state index is -3.89. The lowest BCUT2D eigenvalue weighted by Crippen LogP contribution is -2.46. The van der Waals surface area contributed by atoms with E-state index in [0.717, 1.165) is 25.7 Å². The summed E-state index contributed by atoms with van der Waals surface area (Å²) >= 11 is 11.8. The molecule has 4 nitrogen and oxygen atoms in total. The van der Waals surface area contributed by atoms with Gasteiger partial charge in [-0.05, 0) is 31.0 Å². The summed E-state index contributed by atoms with van der Waals surface area (Å²) in [6.07, 6.45) is 4.73. The molecule has 1 aromatic rings. The van der Waals surface area contributed by atoms with Crippen LogP contribution in [0.1, 0.15) is 38.5 Å². The highest BCUT2D eigenvalue weighted by Gasteiger charge is 2.36. The standard InChI is InChI=1S/C14H16Cl2N2O2S/c15-11-5-6-12(16)13(9-11)21(19,20)18-14(10-17)7-3-1-2-4-8-14/h5-6,9,18H,1-4,7-8H2. The van der Waals surface area contributed by atoms with Crippen LogP contribution in [0.5, 0.6) is 0 Å². The van der Waals surface area contributed by atoms with E-state index in [1.807, 2.05) is 0 Å². The number of nitriles is 1. The summed E-state index contributed by atoms with van der Waals surface area (Å²) in [5, 5.41) is 9.84. The van der Waals surface area contributed by atoms with Crippen LogP contribution in [-0.2, 0) is 10.0 Å². The van der Waals surface area contributed by atoms with Crippen LogP contribution in [0.2, 0.25) is 10.0 Å². The lowest BCUT2D eigenvalue weighted by molar-refractivity contribution is 0.422. The van der Waals surface area contributed by atoms with Gasteiger partial charge in [0, 0.05) is 5.02 Å². The molecule has 2 rings (SSSR count). The van der Waals surface area contributed by atoms with Gasteiger partial charge in [0.15, 0.2) is 0 Å². The van der Waals surface area contributed by atoms with Crippen LogP contribution in [0.4, 0.5) is 0 Å². The van der Waals surface area contributed by atoms with E-state index in [1.165, 1.54) is 18.2 Å². The van der Waals surface area contributed by atoms with E-state index in [2.05, 4.69) is 10.8 Å². The number of nitrogens with zero attached hydrogens (tertiary/aromatic N) is 1. The Morgan fingerprint density at radius 1 is 1.14 bits per heavy atom. The van der Waals surface area contributed by atoms with Crippen molar-refractivity contribution in [3.8, 4) is 6.07 Å². The molecule has 1 fully saturated rings. The van der Waals surface area contributed by atoms with Crippen molar-refractivity contribution in [3.05, 3.63) is 28.2 Å². The Morgan fingerprint density at radius 3 is 2.33 bits per heavy atom. The number of hydrogen-bond acceptors (Lipinski definition) is 3. The van der Waals surface area contributed by atoms with Crippen LogP contribution in [0.15, 0.2) is 23.1 Å². The molecular formula is C14H16Cl2N2O2S. The maximum atomic E-state index is 12.5. The molecule has 0 spiro atoms. The Balaban J connectivity index is 2.35. The van der Waals surface area contributed by atoms with Crippen molar-refractivity contribution in [1.29, 1.82) is 5.26 Å². The first kappa shape index (κ1) is 16.6. The first-order valence-electron chi connectivity index (χ1n) is 6.79. The molecular weight excluding hydrogens is 331 g/mol. The van der Waals surface area contributed by atoms with Gasteiger partial charge in [-0.2, -0.15) is 9.98 Å². The normalized spacial score (nSPS) is 18.7. The van der Waals surface area contributed by atoms with Gasteiger partial charge in [-0.15, -0.1) is 0 Å². The van der Waals surface area contributed by atoms with Gasteiger partial charge < -0.3 is 0 Å². The van der Waals surface area contributed by atoms with Gasteiger partial charge in [0.05, 0.1) is 11.1 Å². The minimum absolute atomic E-state index is 0.0875. The van der Waals surface area contributed by atoms with E-state index in [-0.39, 0.29) is 14.9 Å². The quantitative estimate of drug-likeness (QED) is 0.844. The monoisotopic (exact) mass is 346 g/mol. The maximum Gasteiger partial charge on any atom is 0.243 e. The van der Waals surface area contributed by atoms with Gasteiger partial charge in [-0.3, -0.25) is 0 Å². The van der Waals surface area contributed by atoms with Crippen molar-refractivity contribution in [1.82, 2.24) is 4.72 Å². The lowest BCUT2D eigenvalue weighted by Gasteiger charge is -2.26. The van der Waals surface area contributed by atoms with Crippen LogP contribution in [-0.4, -0.2) is 14.0 Å². The first-order chi connectivity index (χ1) is 9.88. The van der Waals surface area contributed by atoms with Crippen LogP contribution >= 0.6 is 23.2 Å². The Bertz CT molecular complexity index is 660. The van der Waals surface area contributed by atoms with Gasteiger partial charge in [0.1, 0.15) is 10.4 Å². The molecule has 1 aromatic carbocycles. The molecule has 0 aromatic heterocycles. The SMILES string of the molecule is N#CC1(NS(=O)(=O)c2cc(Cl)ccc2Cl)CCCCCC1. The predicted molar refractivity (Wildman–Crippen MR) is 82.8 cm³/mol. The molecule has 0 saturated heterocycles. The third kappa shape index (κ3) is 3.89. The third-order valence-electron chi connectivity index (χ3n) is 3.68. The highest BCUT2D eigenvalue weighted by Crippen LogP contribution is 2.31. The zero-order valence-electron chi connectivity index (χ0n) is 11.4. The van der Waals surface area contributed by atoms with E-state index in [9.17, 15) is 13.7 Å².